The Kier molecular flexibility index (Phi) is 5.31. The van der Waals surface area contributed by atoms with Crippen LogP contribution in [0.25, 0.3) is 0 Å². The van der Waals surface area contributed by atoms with Crippen molar-refractivity contribution in [1.82, 2.24) is 0 Å². The molecule has 0 unspecified atom stereocenters. The Morgan fingerprint density at radius 1 is 1.33 bits per heavy atom. The highest BCUT2D eigenvalue weighted by Crippen LogP contribution is 2.10. The third-order valence-electron chi connectivity index (χ3n) is 2.03. The van der Waals surface area contributed by atoms with Gasteiger partial charge in [0.15, 0.2) is 0 Å². The molecule has 0 aliphatic rings. The Hall–Kier alpha value is -2.43. The number of methoxy groups -OCH3 is 1. The normalized spacial score (nSPS) is 11.5. The average molecular weight is 247 g/mol. The maximum Gasteiger partial charge on any atom is 0.339 e. The number of carboxylic acids is 1. The van der Waals surface area contributed by atoms with Gasteiger partial charge in [0.2, 0.25) is 0 Å². The van der Waals surface area contributed by atoms with Gasteiger partial charge in [-0.15, -0.1) is 0 Å². The summed E-state index contributed by atoms with van der Waals surface area (Å²) in [7, 11) is 1.23. The molecule has 0 amide bonds. The molecule has 5 heteroatoms. The van der Waals surface area contributed by atoms with E-state index in [1.807, 2.05) is 18.2 Å². The van der Waals surface area contributed by atoms with Crippen LogP contribution in [0.15, 0.2) is 47.0 Å². The molecule has 0 radical (unpaired) electrons. The second-order valence-corrected chi connectivity index (χ2v) is 3.34. The Balaban J connectivity index is 2.85. The third kappa shape index (κ3) is 4.61. The van der Waals surface area contributed by atoms with E-state index in [2.05, 4.69) is 9.73 Å². The van der Waals surface area contributed by atoms with E-state index in [-0.39, 0.29) is 12.0 Å². The number of para-hydroxylation sites is 1. The van der Waals surface area contributed by atoms with Gasteiger partial charge in [-0.3, -0.25) is 9.79 Å². The number of ether oxygens (including phenoxy) is 1. The van der Waals surface area contributed by atoms with E-state index < -0.39 is 11.9 Å². The quantitative estimate of drug-likeness (QED) is 0.490. The van der Waals surface area contributed by atoms with Crippen molar-refractivity contribution >= 4 is 23.8 Å². The van der Waals surface area contributed by atoms with Crippen LogP contribution < -0.4 is 0 Å². The monoisotopic (exact) mass is 247 g/mol. The van der Waals surface area contributed by atoms with Gasteiger partial charge in [-0.25, -0.2) is 4.79 Å². The molecule has 0 aliphatic carbocycles. The molecule has 0 atom stereocenters. The summed E-state index contributed by atoms with van der Waals surface area (Å²) in [6.07, 6.45) is 2.30. The van der Waals surface area contributed by atoms with Crippen molar-refractivity contribution in [3.05, 3.63) is 42.0 Å². The second-order valence-electron chi connectivity index (χ2n) is 3.34. The molecule has 0 aromatic heterocycles. The van der Waals surface area contributed by atoms with Crippen molar-refractivity contribution in [2.45, 2.75) is 6.42 Å². The number of hydrogen-bond acceptors (Lipinski definition) is 4. The van der Waals surface area contributed by atoms with E-state index in [0.29, 0.717) is 5.69 Å². The fourth-order valence-corrected chi connectivity index (χ4v) is 1.16. The van der Waals surface area contributed by atoms with Crippen LogP contribution in [0.4, 0.5) is 5.69 Å². The van der Waals surface area contributed by atoms with Crippen LogP contribution >= 0.6 is 0 Å². The first kappa shape index (κ1) is 13.6. The van der Waals surface area contributed by atoms with Crippen molar-refractivity contribution in [3.63, 3.8) is 0 Å². The van der Waals surface area contributed by atoms with Gasteiger partial charge in [0, 0.05) is 6.21 Å². The Labute approximate surface area is 104 Å². The molecular weight excluding hydrogens is 234 g/mol. The van der Waals surface area contributed by atoms with E-state index in [4.69, 9.17) is 5.11 Å². The van der Waals surface area contributed by atoms with Crippen molar-refractivity contribution in [1.29, 1.82) is 0 Å². The number of hydrogen-bond donors (Lipinski definition) is 1. The van der Waals surface area contributed by atoms with Crippen molar-refractivity contribution in [2.75, 3.05) is 7.11 Å². The number of aliphatic imine (C=N–C) groups is 1. The van der Waals surface area contributed by atoms with Gasteiger partial charge in [-0.05, 0) is 12.1 Å². The smallest absolute Gasteiger partial charge is 0.339 e. The summed E-state index contributed by atoms with van der Waals surface area (Å²) in [5.41, 5.74) is 0.784. The number of carboxylic acid groups (broad SMARTS) is 1. The number of benzene rings is 1. The minimum Gasteiger partial charge on any atom is -0.481 e. The standard InChI is InChI=1S/C13H13NO4/c1-18-13(17)10(7-8-12(15)16)9-14-11-5-3-2-4-6-11/h2-7,9H,8H2,1H3,(H,15,16). The number of carbonyl (C=O) groups excluding carboxylic acids is 1. The molecule has 1 N–H and O–H groups in total. The molecule has 0 bridgehead atoms. The largest absolute Gasteiger partial charge is 0.481 e. The number of carbonyl (C=O) groups is 2. The Morgan fingerprint density at radius 2 is 2.00 bits per heavy atom. The topological polar surface area (TPSA) is 76.0 Å². The SMILES string of the molecule is COC(=O)C(C=Nc1ccccc1)=CCC(=O)O. The lowest BCUT2D eigenvalue weighted by atomic mass is 10.2. The lowest BCUT2D eigenvalue weighted by Gasteiger charge is -1.99. The highest BCUT2D eigenvalue weighted by atomic mass is 16.5. The van der Waals surface area contributed by atoms with E-state index in [1.54, 1.807) is 12.1 Å². The summed E-state index contributed by atoms with van der Waals surface area (Å²) >= 11 is 0. The maximum atomic E-state index is 11.4. The molecule has 1 aromatic rings. The van der Waals surface area contributed by atoms with Crippen LogP contribution in [0.3, 0.4) is 0 Å². The first-order chi connectivity index (χ1) is 8.63. The summed E-state index contributed by atoms with van der Waals surface area (Å²) in [6.45, 7) is 0. The van der Waals surface area contributed by atoms with Gasteiger partial charge in [0.1, 0.15) is 0 Å². The molecule has 0 heterocycles. The first-order valence-corrected chi connectivity index (χ1v) is 5.23. The fourth-order valence-electron chi connectivity index (χ4n) is 1.16. The molecule has 0 saturated carbocycles. The molecule has 0 spiro atoms. The van der Waals surface area contributed by atoms with Crippen LogP contribution in [0.5, 0.6) is 0 Å². The van der Waals surface area contributed by atoms with Gasteiger partial charge in [0.25, 0.3) is 0 Å². The lowest BCUT2D eigenvalue weighted by Crippen LogP contribution is -2.07. The van der Waals surface area contributed by atoms with Gasteiger partial charge in [-0.2, -0.15) is 0 Å². The van der Waals surface area contributed by atoms with Gasteiger partial charge in [0.05, 0.1) is 24.8 Å². The number of rotatable bonds is 5. The molecule has 0 fully saturated rings. The second kappa shape index (κ2) is 7.01. The molecule has 5 nitrogen and oxygen atoms in total. The lowest BCUT2D eigenvalue weighted by molar-refractivity contribution is -0.136. The minimum atomic E-state index is -1.02. The zero-order valence-corrected chi connectivity index (χ0v) is 9.87. The zero-order valence-electron chi connectivity index (χ0n) is 9.87. The van der Waals surface area contributed by atoms with Crippen LogP contribution in [0, 0.1) is 0 Å². The van der Waals surface area contributed by atoms with Crippen LogP contribution in [0.1, 0.15) is 6.42 Å². The first-order valence-electron chi connectivity index (χ1n) is 5.23. The van der Waals surface area contributed by atoms with Crippen molar-refractivity contribution in [2.24, 2.45) is 4.99 Å². The molecule has 0 saturated heterocycles. The summed E-state index contributed by atoms with van der Waals surface area (Å²) < 4.78 is 4.54. The Bertz CT molecular complexity index is 477. The predicted molar refractivity (Wildman–Crippen MR) is 66.9 cm³/mol. The molecule has 18 heavy (non-hydrogen) atoms. The molecule has 94 valence electrons. The zero-order chi connectivity index (χ0) is 13.4. The highest BCUT2D eigenvalue weighted by molar-refractivity contribution is 6.10. The average Bonchev–Trinajstić information content (AvgIpc) is 2.39. The minimum absolute atomic E-state index is 0.115. The van der Waals surface area contributed by atoms with Gasteiger partial charge in [-0.1, -0.05) is 24.3 Å². The summed E-state index contributed by atoms with van der Waals surface area (Å²) in [5, 5.41) is 8.56. The fraction of sp³-hybridized carbons (Fsp3) is 0.154. The van der Waals surface area contributed by atoms with Gasteiger partial charge < -0.3 is 9.84 Å². The van der Waals surface area contributed by atoms with Crippen LogP contribution in [-0.2, 0) is 14.3 Å². The number of nitrogens with zero attached hydrogens (tertiary/aromatic N) is 1. The molecule has 1 rings (SSSR count). The summed E-state index contributed by atoms with van der Waals surface area (Å²) in [5.74, 6) is -1.64. The Morgan fingerprint density at radius 3 is 2.56 bits per heavy atom. The number of aliphatic carboxylic acids is 1. The third-order valence-corrected chi connectivity index (χ3v) is 2.03. The molecule has 0 aliphatic heterocycles. The van der Waals surface area contributed by atoms with E-state index >= 15 is 0 Å². The molecular formula is C13H13NO4. The van der Waals surface area contributed by atoms with Crippen LogP contribution in [-0.4, -0.2) is 30.4 Å². The van der Waals surface area contributed by atoms with Crippen molar-refractivity contribution < 1.29 is 19.4 Å². The highest BCUT2D eigenvalue weighted by Gasteiger charge is 2.07. The van der Waals surface area contributed by atoms with Gasteiger partial charge >= 0.3 is 11.9 Å². The summed E-state index contributed by atoms with van der Waals surface area (Å²) in [4.78, 5) is 25.9. The molecule has 1 aromatic carbocycles. The van der Waals surface area contributed by atoms with Crippen molar-refractivity contribution in [3.8, 4) is 0 Å². The van der Waals surface area contributed by atoms with E-state index in [0.717, 1.165) is 0 Å². The number of esters is 1. The van der Waals surface area contributed by atoms with E-state index in [1.165, 1.54) is 19.4 Å². The predicted octanol–water partition coefficient (Wildman–Crippen LogP) is 1.96. The summed E-state index contributed by atoms with van der Waals surface area (Å²) in [6, 6.07) is 9.00. The van der Waals surface area contributed by atoms with E-state index in [9.17, 15) is 9.59 Å². The van der Waals surface area contributed by atoms with Crippen LogP contribution in [0.2, 0.25) is 0 Å². The maximum absolute atomic E-state index is 11.4.